The van der Waals surface area contributed by atoms with E-state index in [1.807, 2.05) is 11.3 Å². The van der Waals surface area contributed by atoms with Crippen molar-refractivity contribution in [3.05, 3.63) is 21.9 Å². The van der Waals surface area contributed by atoms with Gasteiger partial charge in [-0.3, -0.25) is 0 Å². The fourth-order valence-corrected chi connectivity index (χ4v) is 2.28. The summed E-state index contributed by atoms with van der Waals surface area (Å²) in [6, 6.07) is 0. The maximum atomic E-state index is 2.37. The van der Waals surface area contributed by atoms with Crippen molar-refractivity contribution in [2.24, 2.45) is 0 Å². The van der Waals surface area contributed by atoms with Crippen molar-refractivity contribution in [2.45, 2.75) is 13.0 Å². The van der Waals surface area contributed by atoms with Crippen molar-refractivity contribution in [1.29, 1.82) is 0 Å². The second-order valence-corrected chi connectivity index (χ2v) is 3.65. The molecule has 1 nitrogen and oxygen atoms in total. The average Bonchev–Trinajstić information content (AvgIpc) is 2.33. The molecule has 0 amide bonds. The van der Waals surface area contributed by atoms with E-state index in [0.29, 0.717) is 0 Å². The standard InChI is InChI=1S/C8H11NS/c1-9-3-2-7-5-10-6-8(7)4-9/h5-6H,2-4H2,1H3. The molecule has 2 heterocycles. The van der Waals surface area contributed by atoms with Crippen LogP contribution in [-0.4, -0.2) is 18.5 Å². The number of hydrogen-bond acceptors (Lipinski definition) is 2. The van der Waals surface area contributed by atoms with E-state index >= 15 is 0 Å². The van der Waals surface area contributed by atoms with Crippen LogP contribution < -0.4 is 0 Å². The Labute approximate surface area is 65.3 Å². The fourth-order valence-electron chi connectivity index (χ4n) is 1.39. The average molecular weight is 153 g/mol. The Balaban J connectivity index is 2.30. The van der Waals surface area contributed by atoms with Crippen LogP contribution in [0.5, 0.6) is 0 Å². The fraction of sp³-hybridized carbons (Fsp3) is 0.500. The van der Waals surface area contributed by atoms with Gasteiger partial charge in [0.2, 0.25) is 0 Å². The summed E-state index contributed by atoms with van der Waals surface area (Å²) in [5.74, 6) is 0. The molecular weight excluding hydrogens is 142 g/mol. The molecule has 2 heteroatoms. The Bertz CT molecular complexity index is 229. The molecule has 1 aliphatic heterocycles. The van der Waals surface area contributed by atoms with Gasteiger partial charge in [-0.2, -0.15) is 11.3 Å². The number of thiophene rings is 1. The Morgan fingerprint density at radius 3 is 3.10 bits per heavy atom. The maximum Gasteiger partial charge on any atom is 0.0241 e. The Morgan fingerprint density at radius 1 is 1.40 bits per heavy atom. The minimum atomic E-state index is 1.15. The van der Waals surface area contributed by atoms with Gasteiger partial charge in [-0.25, -0.2) is 0 Å². The van der Waals surface area contributed by atoms with E-state index in [9.17, 15) is 0 Å². The third-order valence-electron chi connectivity index (χ3n) is 2.04. The van der Waals surface area contributed by atoms with E-state index in [0.717, 1.165) is 6.54 Å². The summed E-state index contributed by atoms with van der Waals surface area (Å²) in [4.78, 5) is 2.37. The molecule has 0 saturated carbocycles. The van der Waals surface area contributed by atoms with Gasteiger partial charge in [0.05, 0.1) is 0 Å². The highest BCUT2D eigenvalue weighted by Gasteiger charge is 2.12. The van der Waals surface area contributed by atoms with Gasteiger partial charge in [-0.1, -0.05) is 0 Å². The summed E-state index contributed by atoms with van der Waals surface area (Å²) in [6.45, 7) is 2.38. The maximum absolute atomic E-state index is 2.37. The summed E-state index contributed by atoms with van der Waals surface area (Å²) >= 11 is 1.83. The molecule has 0 aliphatic carbocycles. The van der Waals surface area contributed by atoms with Crippen molar-refractivity contribution in [3.8, 4) is 0 Å². The summed E-state index contributed by atoms with van der Waals surface area (Å²) in [5, 5.41) is 4.55. The minimum absolute atomic E-state index is 1.15. The molecule has 1 aromatic heterocycles. The van der Waals surface area contributed by atoms with Crippen LogP contribution in [0.3, 0.4) is 0 Å². The zero-order valence-corrected chi connectivity index (χ0v) is 6.95. The summed E-state index contributed by atoms with van der Waals surface area (Å²) in [5.41, 5.74) is 3.11. The highest BCUT2D eigenvalue weighted by atomic mass is 32.1. The lowest BCUT2D eigenvalue weighted by Crippen LogP contribution is -2.25. The van der Waals surface area contributed by atoms with Gasteiger partial charge < -0.3 is 4.90 Å². The zero-order chi connectivity index (χ0) is 6.97. The molecule has 0 atom stereocenters. The van der Waals surface area contributed by atoms with Gasteiger partial charge in [-0.15, -0.1) is 0 Å². The number of hydrogen-bond donors (Lipinski definition) is 0. The van der Waals surface area contributed by atoms with E-state index in [1.54, 1.807) is 11.1 Å². The summed E-state index contributed by atoms with van der Waals surface area (Å²) in [7, 11) is 2.18. The molecule has 0 fully saturated rings. The lowest BCUT2D eigenvalue weighted by molar-refractivity contribution is 0.314. The summed E-state index contributed by atoms with van der Waals surface area (Å²) in [6.07, 6.45) is 1.25. The third kappa shape index (κ3) is 0.976. The lowest BCUT2D eigenvalue weighted by Gasteiger charge is -2.21. The molecule has 0 radical (unpaired) electrons. The van der Waals surface area contributed by atoms with E-state index < -0.39 is 0 Å². The van der Waals surface area contributed by atoms with Gasteiger partial charge in [-0.05, 0) is 35.4 Å². The molecule has 54 valence electrons. The molecule has 0 unspecified atom stereocenters. The van der Waals surface area contributed by atoms with Gasteiger partial charge in [0.1, 0.15) is 0 Å². The largest absolute Gasteiger partial charge is 0.302 e. The second-order valence-electron chi connectivity index (χ2n) is 2.91. The molecule has 0 aromatic carbocycles. The smallest absolute Gasteiger partial charge is 0.0241 e. The zero-order valence-electron chi connectivity index (χ0n) is 6.13. The molecule has 1 aliphatic rings. The van der Waals surface area contributed by atoms with Crippen molar-refractivity contribution >= 4 is 11.3 Å². The second kappa shape index (κ2) is 2.36. The van der Waals surface area contributed by atoms with E-state index in [1.165, 1.54) is 13.0 Å². The Morgan fingerprint density at radius 2 is 2.20 bits per heavy atom. The molecule has 1 aromatic rings. The molecule has 0 bridgehead atoms. The first-order valence-corrected chi connectivity index (χ1v) is 4.53. The molecule has 0 N–H and O–H groups in total. The van der Waals surface area contributed by atoms with Gasteiger partial charge in [0.15, 0.2) is 0 Å². The highest BCUT2D eigenvalue weighted by molar-refractivity contribution is 7.08. The summed E-state index contributed by atoms with van der Waals surface area (Å²) < 4.78 is 0. The van der Waals surface area contributed by atoms with Crippen LogP contribution in [0.25, 0.3) is 0 Å². The van der Waals surface area contributed by atoms with Crippen LogP contribution >= 0.6 is 11.3 Å². The first-order chi connectivity index (χ1) is 4.86. The molecular formula is C8H11NS. The molecule has 0 spiro atoms. The molecule has 10 heavy (non-hydrogen) atoms. The van der Waals surface area contributed by atoms with E-state index in [-0.39, 0.29) is 0 Å². The van der Waals surface area contributed by atoms with Gasteiger partial charge in [0, 0.05) is 13.1 Å². The van der Waals surface area contributed by atoms with Crippen molar-refractivity contribution in [2.75, 3.05) is 13.6 Å². The van der Waals surface area contributed by atoms with Crippen molar-refractivity contribution in [1.82, 2.24) is 4.90 Å². The quantitative estimate of drug-likeness (QED) is 0.548. The number of fused-ring (bicyclic) bond motifs is 1. The highest BCUT2D eigenvalue weighted by Crippen LogP contribution is 2.21. The minimum Gasteiger partial charge on any atom is -0.302 e. The predicted molar refractivity (Wildman–Crippen MR) is 44.4 cm³/mol. The first-order valence-electron chi connectivity index (χ1n) is 3.59. The van der Waals surface area contributed by atoms with Crippen molar-refractivity contribution in [3.63, 3.8) is 0 Å². The predicted octanol–water partition coefficient (Wildman–Crippen LogP) is 1.74. The Hall–Kier alpha value is -0.340. The third-order valence-corrected chi connectivity index (χ3v) is 2.88. The van der Waals surface area contributed by atoms with Crippen LogP contribution in [0, 0.1) is 0 Å². The van der Waals surface area contributed by atoms with Crippen LogP contribution in [0.15, 0.2) is 10.8 Å². The molecule has 0 saturated heterocycles. The van der Waals surface area contributed by atoms with Crippen LogP contribution in [0.1, 0.15) is 11.1 Å². The molecule has 2 rings (SSSR count). The lowest BCUT2D eigenvalue weighted by atomic mass is 10.1. The van der Waals surface area contributed by atoms with Crippen molar-refractivity contribution < 1.29 is 0 Å². The topological polar surface area (TPSA) is 3.24 Å². The van der Waals surface area contributed by atoms with E-state index in [4.69, 9.17) is 0 Å². The first kappa shape index (κ1) is 6.38. The van der Waals surface area contributed by atoms with E-state index in [2.05, 4.69) is 22.7 Å². The van der Waals surface area contributed by atoms with Crippen LogP contribution in [-0.2, 0) is 13.0 Å². The van der Waals surface area contributed by atoms with Gasteiger partial charge in [0.25, 0.3) is 0 Å². The number of nitrogens with zero attached hydrogens (tertiary/aromatic N) is 1. The normalized spacial score (nSPS) is 18.9. The number of rotatable bonds is 0. The van der Waals surface area contributed by atoms with Gasteiger partial charge >= 0.3 is 0 Å². The van der Waals surface area contributed by atoms with Crippen LogP contribution in [0.4, 0.5) is 0 Å². The Kier molecular flexibility index (Phi) is 1.51. The SMILES string of the molecule is CN1CCc2cscc2C1. The van der Waals surface area contributed by atoms with Crippen LogP contribution in [0.2, 0.25) is 0 Å². The monoisotopic (exact) mass is 153 g/mol. The number of likely N-dealkylation sites (N-methyl/N-ethyl adjacent to an activating group) is 1.